The van der Waals surface area contributed by atoms with Crippen LogP contribution in [-0.4, -0.2) is 29.0 Å². The molecule has 0 fully saturated rings. The van der Waals surface area contributed by atoms with Gasteiger partial charge in [-0.05, 0) is 49.9 Å². The van der Waals surface area contributed by atoms with E-state index < -0.39 is 0 Å². The first-order valence-corrected chi connectivity index (χ1v) is 6.39. The van der Waals surface area contributed by atoms with Crippen LogP contribution in [0.15, 0.2) is 18.2 Å². The number of nitrogens with zero attached hydrogens (tertiary/aromatic N) is 1. The third-order valence-electron chi connectivity index (χ3n) is 3.24. The summed E-state index contributed by atoms with van der Waals surface area (Å²) in [5.41, 5.74) is 1.36. The monoisotopic (exact) mass is 249 g/mol. The van der Waals surface area contributed by atoms with Crippen LogP contribution in [0, 0.1) is 12.8 Å². The summed E-state index contributed by atoms with van der Waals surface area (Å²) < 4.78 is 0. The zero-order valence-electron chi connectivity index (χ0n) is 11.9. The van der Waals surface area contributed by atoms with Crippen molar-refractivity contribution in [2.75, 3.05) is 7.05 Å². The van der Waals surface area contributed by atoms with Crippen molar-refractivity contribution in [2.45, 2.75) is 40.2 Å². The molecule has 1 atom stereocenters. The van der Waals surface area contributed by atoms with Crippen LogP contribution < -0.4 is 0 Å². The van der Waals surface area contributed by atoms with Crippen LogP contribution in [0.3, 0.4) is 0 Å². The Balaban J connectivity index is 2.82. The normalized spacial score (nSPS) is 12.6. The lowest BCUT2D eigenvalue weighted by Crippen LogP contribution is -2.35. The molecule has 1 rings (SSSR count). The molecule has 1 aromatic carbocycles. The summed E-state index contributed by atoms with van der Waals surface area (Å²) in [6.45, 7) is 8.16. The van der Waals surface area contributed by atoms with Crippen LogP contribution in [0.2, 0.25) is 0 Å². The predicted octanol–water partition coefficient (Wildman–Crippen LogP) is 3.21. The molecule has 0 bridgehead atoms. The highest BCUT2D eigenvalue weighted by atomic mass is 16.3. The van der Waals surface area contributed by atoms with Crippen molar-refractivity contribution in [3.8, 4) is 5.75 Å². The highest BCUT2D eigenvalue weighted by Crippen LogP contribution is 2.19. The third-order valence-corrected chi connectivity index (χ3v) is 3.24. The van der Waals surface area contributed by atoms with Gasteiger partial charge in [-0.3, -0.25) is 4.79 Å². The Kier molecular flexibility index (Phi) is 4.76. The van der Waals surface area contributed by atoms with Gasteiger partial charge >= 0.3 is 0 Å². The van der Waals surface area contributed by atoms with Crippen molar-refractivity contribution in [1.82, 2.24) is 4.90 Å². The molecule has 1 unspecified atom stereocenters. The lowest BCUT2D eigenvalue weighted by atomic mass is 10.0. The minimum absolute atomic E-state index is 0.00579. The maximum Gasteiger partial charge on any atom is 0.253 e. The first kappa shape index (κ1) is 14.6. The largest absolute Gasteiger partial charge is 0.508 e. The van der Waals surface area contributed by atoms with E-state index in [0.717, 1.165) is 12.0 Å². The molecule has 0 aliphatic carbocycles. The van der Waals surface area contributed by atoms with Gasteiger partial charge in [-0.15, -0.1) is 0 Å². The maximum atomic E-state index is 12.3. The summed E-state index contributed by atoms with van der Waals surface area (Å²) in [6, 6.07) is 5.19. The van der Waals surface area contributed by atoms with Gasteiger partial charge in [-0.25, -0.2) is 0 Å². The molecule has 0 saturated carbocycles. The number of rotatable bonds is 4. The van der Waals surface area contributed by atoms with E-state index in [2.05, 4.69) is 20.8 Å². The Labute approximate surface area is 109 Å². The van der Waals surface area contributed by atoms with Gasteiger partial charge in [0.1, 0.15) is 5.75 Å². The van der Waals surface area contributed by atoms with Crippen molar-refractivity contribution in [3.63, 3.8) is 0 Å². The van der Waals surface area contributed by atoms with Crippen molar-refractivity contribution in [3.05, 3.63) is 29.3 Å². The molecule has 1 aromatic rings. The van der Waals surface area contributed by atoms with E-state index in [1.807, 2.05) is 7.05 Å². The molecule has 0 heterocycles. The fraction of sp³-hybridized carbons (Fsp3) is 0.533. The number of carbonyl (C=O) groups excluding carboxylic acids is 1. The number of carbonyl (C=O) groups is 1. The van der Waals surface area contributed by atoms with Crippen LogP contribution in [0.1, 0.15) is 43.1 Å². The Morgan fingerprint density at radius 2 is 1.94 bits per heavy atom. The predicted molar refractivity (Wildman–Crippen MR) is 73.9 cm³/mol. The number of benzene rings is 1. The SMILES string of the molecule is Cc1cc(C(=O)N(C)C(C)CC(C)C)ccc1O. The summed E-state index contributed by atoms with van der Waals surface area (Å²) in [5, 5.41) is 9.47. The van der Waals surface area contributed by atoms with Gasteiger partial charge in [-0.2, -0.15) is 0 Å². The number of aromatic hydroxyl groups is 1. The number of phenolic OH excluding ortho intramolecular Hbond substituents is 1. The lowest BCUT2D eigenvalue weighted by molar-refractivity contribution is 0.0728. The highest BCUT2D eigenvalue weighted by Gasteiger charge is 2.18. The van der Waals surface area contributed by atoms with Gasteiger partial charge in [0.2, 0.25) is 0 Å². The van der Waals surface area contributed by atoms with Crippen molar-refractivity contribution in [2.24, 2.45) is 5.92 Å². The van der Waals surface area contributed by atoms with E-state index >= 15 is 0 Å². The van der Waals surface area contributed by atoms with Crippen LogP contribution in [0.5, 0.6) is 5.75 Å². The molecule has 0 radical (unpaired) electrons. The Hall–Kier alpha value is -1.51. The Morgan fingerprint density at radius 3 is 2.44 bits per heavy atom. The standard InChI is InChI=1S/C15H23NO2/c1-10(2)8-12(4)16(5)15(18)13-6-7-14(17)11(3)9-13/h6-7,9-10,12,17H,8H2,1-5H3. The highest BCUT2D eigenvalue weighted by molar-refractivity contribution is 5.94. The average molecular weight is 249 g/mol. The average Bonchev–Trinajstić information content (AvgIpc) is 2.30. The molecule has 100 valence electrons. The molecule has 0 aromatic heterocycles. The maximum absolute atomic E-state index is 12.3. The molecular formula is C15H23NO2. The summed E-state index contributed by atoms with van der Waals surface area (Å²) in [5.74, 6) is 0.799. The number of phenols is 1. The summed E-state index contributed by atoms with van der Waals surface area (Å²) >= 11 is 0. The number of amides is 1. The van der Waals surface area contributed by atoms with E-state index in [4.69, 9.17) is 0 Å². The van der Waals surface area contributed by atoms with Gasteiger partial charge in [0.15, 0.2) is 0 Å². The molecular weight excluding hydrogens is 226 g/mol. The summed E-state index contributed by atoms with van der Waals surface area (Å²) in [6.07, 6.45) is 0.985. The van der Waals surface area contributed by atoms with Crippen LogP contribution >= 0.6 is 0 Å². The first-order chi connectivity index (χ1) is 8.32. The molecule has 1 amide bonds. The van der Waals surface area contributed by atoms with Gasteiger partial charge in [0, 0.05) is 18.7 Å². The lowest BCUT2D eigenvalue weighted by Gasteiger charge is -2.26. The molecule has 18 heavy (non-hydrogen) atoms. The number of hydrogen-bond acceptors (Lipinski definition) is 2. The molecule has 1 N–H and O–H groups in total. The molecule has 0 aliphatic heterocycles. The molecule has 0 saturated heterocycles. The van der Waals surface area contributed by atoms with E-state index in [9.17, 15) is 9.90 Å². The van der Waals surface area contributed by atoms with E-state index in [0.29, 0.717) is 11.5 Å². The van der Waals surface area contributed by atoms with Crippen LogP contribution in [0.4, 0.5) is 0 Å². The van der Waals surface area contributed by atoms with Gasteiger partial charge in [-0.1, -0.05) is 13.8 Å². The quantitative estimate of drug-likeness (QED) is 0.890. The van der Waals surface area contributed by atoms with Gasteiger partial charge < -0.3 is 10.0 Å². The summed E-state index contributed by atoms with van der Waals surface area (Å²) in [7, 11) is 1.83. The zero-order valence-corrected chi connectivity index (χ0v) is 11.9. The van der Waals surface area contributed by atoms with Crippen molar-refractivity contribution >= 4 is 5.91 Å². The number of hydrogen-bond donors (Lipinski definition) is 1. The van der Waals surface area contributed by atoms with Crippen LogP contribution in [0.25, 0.3) is 0 Å². The third kappa shape index (κ3) is 3.49. The zero-order chi connectivity index (χ0) is 13.9. The molecule has 0 aliphatic rings. The smallest absolute Gasteiger partial charge is 0.253 e. The second-order valence-corrected chi connectivity index (χ2v) is 5.40. The van der Waals surface area contributed by atoms with E-state index in [1.165, 1.54) is 0 Å². The number of aryl methyl sites for hydroxylation is 1. The minimum atomic E-state index is 0.00579. The second-order valence-electron chi connectivity index (χ2n) is 5.40. The Bertz CT molecular complexity index is 427. The van der Waals surface area contributed by atoms with E-state index in [-0.39, 0.29) is 17.7 Å². The molecule has 3 heteroatoms. The van der Waals surface area contributed by atoms with Crippen LogP contribution in [-0.2, 0) is 0 Å². The van der Waals surface area contributed by atoms with Gasteiger partial charge in [0.05, 0.1) is 0 Å². The first-order valence-electron chi connectivity index (χ1n) is 6.39. The van der Waals surface area contributed by atoms with Crippen molar-refractivity contribution < 1.29 is 9.90 Å². The van der Waals surface area contributed by atoms with Crippen molar-refractivity contribution in [1.29, 1.82) is 0 Å². The van der Waals surface area contributed by atoms with E-state index in [1.54, 1.807) is 30.0 Å². The second kappa shape index (κ2) is 5.89. The fourth-order valence-corrected chi connectivity index (χ4v) is 2.03. The Morgan fingerprint density at radius 1 is 1.33 bits per heavy atom. The van der Waals surface area contributed by atoms with Gasteiger partial charge in [0.25, 0.3) is 5.91 Å². The summed E-state index contributed by atoms with van der Waals surface area (Å²) in [4.78, 5) is 14.0. The minimum Gasteiger partial charge on any atom is -0.508 e. The topological polar surface area (TPSA) is 40.5 Å². The molecule has 0 spiro atoms. The molecule has 3 nitrogen and oxygen atoms in total. The fourth-order valence-electron chi connectivity index (χ4n) is 2.03.